The molecule has 1 saturated heterocycles. The van der Waals surface area contributed by atoms with E-state index in [4.69, 9.17) is 9.47 Å². The molecule has 2 fully saturated rings. The zero-order valence-electron chi connectivity index (χ0n) is 25.6. The monoisotopic (exact) mass is 620 g/mol. The highest BCUT2D eigenvalue weighted by atomic mass is 32.2. The number of nitrogens with zero attached hydrogens (tertiary/aromatic N) is 4. The fraction of sp³-hybridized carbons (Fsp3) is 0.633. The lowest BCUT2D eigenvalue weighted by Gasteiger charge is -2.35. The standard InChI is InChI=1S/C30H45FN6O5S/c1-5-37(21(3)4)30(38)26-15-23(31)9-12-27(26)42-28-18-33-20-34-29(28)36-13-14-41-25(19-36)17-32-16-22-7-10-24(11-8-22)35-43(39,40)6-2/h9,12,15,18,20-22,24-25,32,35H,5-8,10-11,13-14,16-17,19H2,1-4H3/t22-,24-,25-/m0/s1. The number of carbonyl (C=O) groups is 1. The molecular formula is C30H45FN6O5S. The van der Waals surface area contributed by atoms with Gasteiger partial charge in [-0.1, -0.05) is 0 Å². The summed E-state index contributed by atoms with van der Waals surface area (Å²) in [6.45, 7) is 11.1. The van der Waals surface area contributed by atoms with Crippen LogP contribution in [0.4, 0.5) is 10.2 Å². The van der Waals surface area contributed by atoms with Crippen LogP contribution >= 0.6 is 0 Å². The largest absolute Gasteiger partial charge is 0.451 e. The molecule has 0 spiro atoms. The molecule has 4 rings (SSSR count). The Morgan fingerprint density at radius 2 is 1.95 bits per heavy atom. The molecule has 1 aromatic carbocycles. The van der Waals surface area contributed by atoms with Gasteiger partial charge in [0.1, 0.15) is 17.9 Å². The molecule has 1 saturated carbocycles. The number of carbonyl (C=O) groups excluding carboxylic acids is 1. The number of amides is 1. The van der Waals surface area contributed by atoms with Gasteiger partial charge >= 0.3 is 0 Å². The second-order valence-corrected chi connectivity index (χ2v) is 13.5. The molecule has 0 unspecified atom stereocenters. The number of benzene rings is 1. The van der Waals surface area contributed by atoms with Crippen LogP contribution in [0.1, 0.15) is 63.7 Å². The van der Waals surface area contributed by atoms with Crippen LogP contribution in [-0.2, 0) is 14.8 Å². The lowest BCUT2D eigenvalue weighted by atomic mass is 9.86. The summed E-state index contributed by atoms with van der Waals surface area (Å²) in [5.74, 6) is 0.978. The van der Waals surface area contributed by atoms with Crippen LogP contribution in [0.15, 0.2) is 30.7 Å². The van der Waals surface area contributed by atoms with Crippen LogP contribution in [0.5, 0.6) is 11.5 Å². The number of hydrogen-bond donors (Lipinski definition) is 2. The number of nitrogens with one attached hydrogen (secondary N) is 2. The normalized spacial score (nSPS) is 21.2. The number of ether oxygens (including phenoxy) is 2. The molecular weight excluding hydrogens is 575 g/mol. The Balaban J connectivity index is 1.35. The van der Waals surface area contributed by atoms with Crippen molar-refractivity contribution in [3.8, 4) is 11.5 Å². The Hall–Kier alpha value is -2.87. The van der Waals surface area contributed by atoms with Crippen molar-refractivity contribution in [1.29, 1.82) is 0 Å². The van der Waals surface area contributed by atoms with E-state index >= 15 is 0 Å². The highest BCUT2D eigenvalue weighted by Crippen LogP contribution is 2.33. The molecule has 11 nitrogen and oxygen atoms in total. The summed E-state index contributed by atoms with van der Waals surface area (Å²) in [4.78, 5) is 25.7. The van der Waals surface area contributed by atoms with Gasteiger partial charge in [-0.05, 0) is 84.0 Å². The van der Waals surface area contributed by atoms with Crippen LogP contribution in [-0.4, -0.2) is 92.5 Å². The van der Waals surface area contributed by atoms with Crippen LogP contribution in [0.25, 0.3) is 0 Å². The Kier molecular flexibility index (Phi) is 11.7. The second-order valence-electron chi connectivity index (χ2n) is 11.5. The van der Waals surface area contributed by atoms with Crippen molar-refractivity contribution in [3.63, 3.8) is 0 Å². The second kappa shape index (κ2) is 15.2. The third kappa shape index (κ3) is 9.07. The van der Waals surface area contributed by atoms with Crippen LogP contribution in [0.3, 0.4) is 0 Å². The van der Waals surface area contributed by atoms with E-state index in [0.29, 0.717) is 50.3 Å². The maximum atomic E-state index is 14.2. The van der Waals surface area contributed by atoms with E-state index in [1.165, 1.54) is 24.5 Å². The molecule has 2 aliphatic rings. The smallest absolute Gasteiger partial charge is 0.257 e. The summed E-state index contributed by atoms with van der Waals surface area (Å²) < 4.78 is 53.0. The SMILES string of the molecule is CCN(C(=O)c1cc(F)ccc1Oc1cncnc1N1CCO[C@@H](CNC[C@H]2CC[C@H](NS(=O)(=O)CC)CC2)C1)C(C)C. The minimum Gasteiger partial charge on any atom is -0.451 e. The van der Waals surface area contributed by atoms with Gasteiger partial charge in [-0.15, -0.1) is 0 Å². The van der Waals surface area contributed by atoms with Gasteiger partial charge in [-0.25, -0.2) is 27.5 Å². The summed E-state index contributed by atoms with van der Waals surface area (Å²) in [5, 5.41) is 3.54. The van der Waals surface area contributed by atoms with E-state index in [9.17, 15) is 17.6 Å². The number of rotatable bonds is 13. The number of aromatic nitrogens is 2. The number of sulfonamides is 1. The molecule has 238 valence electrons. The summed E-state index contributed by atoms with van der Waals surface area (Å²) in [6, 6.07) is 3.92. The quantitative estimate of drug-likeness (QED) is 0.346. The van der Waals surface area contributed by atoms with Gasteiger partial charge in [-0.2, -0.15) is 0 Å². The molecule has 1 aromatic heterocycles. The highest BCUT2D eigenvalue weighted by Gasteiger charge is 2.28. The maximum Gasteiger partial charge on any atom is 0.257 e. The Morgan fingerprint density at radius 3 is 2.65 bits per heavy atom. The molecule has 2 aromatic rings. The van der Waals surface area contributed by atoms with Crippen molar-refractivity contribution in [2.75, 3.05) is 50.0 Å². The number of morpholine rings is 1. The Bertz CT molecular complexity index is 1320. The van der Waals surface area contributed by atoms with Crippen LogP contribution in [0.2, 0.25) is 0 Å². The fourth-order valence-corrected chi connectivity index (χ4v) is 6.61. The lowest BCUT2D eigenvalue weighted by molar-refractivity contribution is 0.0397. The fourth-order valence-electron chi connectivity index (χ4n) is 5.70. The van der Waals surface area contributed by atoms with Gasteiger partial charge in [0.15, 0.2) is 11.6 Å². The first kappa shape index (κ1) is 33.0. The molecule has 1 aliphatic carbocycles. The number of hydrogen-bond acceptors (Lipinski definition) is 9. The van der Waals surface area contributed by atoms with Gasteiger partial charge in [-0.3, -0.25) is 4.79 Å². The first-order chi connectivity index (χ1) is 20.6. The zero-order chi connectivity index (χ0) is 31.0. The van der Waals surface area contributed by atoms with Crippen molar-refractivity contribution >= 4 is 21.7 Å². The van der Waals surface area contributed by atoms with Gasteiger partial charge in [0, 0.05) is 38.3 Å². The van der Waals surface area contributed by atoms with Crippen molar-refractivity contribution < 1.29 is 27.1 Å². The summed E-state index contributed by atoms with van der Waals surface area (Å²) in [6.07, 6.45) is 6.59. The van der Waals surface area contributed by atoms with Gasteiger partial charge < -0.3 is 24.6 Å². The Labute approximate surface area is 254 Å². The van der Waals surface area contributed by atoms with Crippen molar-refractivity contribution in [3.05, 3.63) is 42.1 Å². The highest BCUT2D eigenvalue weighted by molar-refractivity contribution is 7.89. The molecule has 1 atom stereocenters. The Morgan fingerprint density at radius 1 is 1.19 bits per heavy atom. The van der Waals surface area contributed by atoms with E-state index in [1.54, 1.807) is 18.0 Å². The van der Waals surface area contributed by atoms with Crippen LogP contribution < -0.4 is 19.7 Å². The molecule has 0 radical (unpaired) electrons. The molecule has 1 amide bonds. The maximum absolute atomic E-state index is 14.2. The van der Waals surface area contributed by atoms with Gasteiger partial charge in [0.25, 0.3) is 5.91 Å². The molecule has 43 heavy (non-hydrogen) atoms. The molecule has 2 N–H and O–H groups in total. The third-order valence-corrected chi connectivity index (χ3v) is 9.54. The number of anilines is 1. The summed E-state index contributed by atoms with van der Waals surface area (Å²) in [7, 11) is -3.17. The molecule has 13 heteroatoms. The first-order valence-corrected chi connectivity index (χ1v) is 16.9. The van der Waals surface area contributed by atoms with Crippen molar-refractivity contribution in [2.45, 2.75) is 71.6 Å². The predicted molar refractivity (Wildman–Crippen MR) is 164 cm³/mol. The average molecular weight is 621 g/mol. The minimum atomic E-state index is -3.17. The average Bonchev–Trinajstić information content (AvgIpc) is 2.99. The minimum absolute atomic E-state index is 0.0330. The zero-order valence-corrected chi connectivity index (χ0v) is 26.4. The lowest BCUT2D eigenvalue weighted by Crippen LogP contribution is -2.48. The predicted octanol–water partition coefficient (Wildman–Crippen LogP) is 3.57. The first-order valence-electron chi connectivity index (χ1n) is 15.3. The van der Waals surface area contributed by atoms with E-state index in [-0.39, 0.29) is 41.2 Å². The summed E-state index contributed by atoms with van der Waals surface area (Å²) in [5.41, 5.74) is 0.145. The van der Waals surface area contributed by atoms with E-state index in [1.807, 2.05) is 20.8 Å². The van der Waals surface area contributed by atoms with Crippen LogP contribution in [0, 0.1) is 11.7 Å². The molecule has 2 heterocycles. The van der Waals surface area contributed by atoms with Gasteiger partial charge in [0.05, 0.1) is 30.2 Å². The van der Waals surface area contributed by atoms with Gasteiger partial charge in [0.2, 0.25) is 10.0 Å². The number of halogens is 1. The van der Waals surface area contributed by atoms with Crippen molar-refractivity contribution in [2.24, 2.45) is 5.92 Å². The topological polar surface area (TPSA) is 126 Å². The third-order valence-electron chi connectivity index (χ3n) is 8.09. The van der Waals surface area contributed by atoms with Crippen molar-refractivity contribution in [1.82, 2.24) is 24.9 Å². The van der Waals surface area contributed by atoms with E-state index < -0.39 is 15.8 Å². The van der Waals surface area contributed by atoms with E-state index in [0.717, 1.165) is 32.2 Å². The molecule has 0 bridgehead atoms. The van der Waals surface area contributed by atoms with E-state index in [2.05, 4.69) is 24.9 Å². The summed E-state index contributed by atoms with van der Waals surface area (Å²) >= 11 is 0. The molecule has 1 aliphatic heterocycles.